The number of piperidine rings is 1. The van der Waals surface area contributed by atoms with Gasteiger partial charge in [0, 0.05) is 43.2 Å². The Morgan fingerprint density at radius 2 is 2.04 bits per heavy atom. The maximum Gasteiger partial charge on any atom is 0.256 e. The molecule has 0 atom stereocenters. The molecule has 0 unspecified atom stereocenters. The summed E-state index contributed by atoms with van der Waals surface area (Å²) in [6.45, 7) is 6.37. The molecule has 4 rings (SSSR count). The zero-order valence-electron chi connectivity index (χ0n) is 14.5. The Morgan fingerprint density at radius 3 is 2.84 bits per heavy atom. The van der Waals surface area contributed by atoms with E-state index in [1.807, 2.05) is 13.8 Å². The highest BCUT2D eigenvalue weighted by Gasteiger charge is 2.22. The lowest BCUT2D eigenvalue weighted by Crippen LogP contribution is -2.37. The van der Waals surface area contributed by atoms with E-state index >= 15 is 0 Å². The fraction of sp³-hybridized carbons (Fsp3) is 0.471. The zero-order valence-corrected chi connectivity index (χ0v) is 14.5. The lowest BCUT2D eigenvalue weighted by Gasteiger charge is -2.33. The summed E-state index contributed by atoms with van der Waals surface area (Å²) < 4.78 is 3.53. The van der Waals surface area contributed by atoms with Gasteiger partial charge in [0.2, 0.25) is 0 Å². The summed E-state index contributed by atoms with van der Waals surface area (Å²) in [5, 5.41) is 4.29. The molecular formula is C17H21N7O. The van der Waals surface area contributed by atoms with Crippen molar-refractivity contribution < 1.29 is 0 Å². The zero-order chi connectivity index (χ0) is 17.4. The molecule has 1 saturated heterocycles. The molecule has 3 aromatic heterocycles. The summed E-state index contributed by atoms with van der Waals surface area (Å²) >= 11 is 0. The first-order valence-corrected chi connectivity index (χ1v) is 8.55. The highest BCUT2D eigenvalue weighted by atomic mass is 16.1. The van der Waals surface area contributed by atoms with Gasteiger partial charge in [-0.1, -0.05) is 0 Å². The first kappa shape index (κ1) is 15.7. The molecule has 0 saturated carbocycles. The SMILES string of the molecule is Cc1cc(N2CCC(Cn3cncc(C)c3=O)CC2)n2ncnc2n1. The molecule has 3 aromatic rings. The summed E-state index contributed by atoms with van der Waals surface area (Å²) in [6, 6.07) is 2.05. The Balaban J connectivity index is 1.49. The first-order chi connectivity index (χ1) is 12.1. The van der Waals surface area contributed by atoms with Gasteiger partial charge in [-0.15, -0.1) is 0 Å². The average molecular weight is 339 g/mol. The van der Waals surface area contributed by atoms with Crippen LogP contribution in [-0.4, -0.2) is 42.2 Å². The second-order valence-electron chi connectivity index (χ2n) is 6.69. The van der Waals surface area contributed by atoms with Crippen LogP contribution in [0.2, 0.25) is 0 Å². The quantitative estimate of drug-likeness (QED) is 0.713. The van der Waals surface area contributed by atoms with Crippen molar-refractivity contribution in [2.45, 2.75) is 33.2 Å². The largest absolute Gasteiger partial charge is 0.356 e. The van der Waals surface area contributed by atoms with Crippen molar-refractivity contribution in [1.29, 1.82) is 0 Å². The van der Waals surface area contributed by atoms with Gasteiger partial charge in [0.25, 0.3) is 11.3 Å². The van der Waals surface area contributed by atoms with E-state index in [2.05, 4.69) is 31.0 Å². The molecule has 0 radical (unpaired) electrons. The van der Waals surface area contributed by atoms with Gasteiger partial charge in [-0.2, -0.15) is 14.6 Å². The van der Waals surface area contributed by atoms with Crippen LogP contribution < -0.4 is 10.5 Å². The Hall–Kier alpha value is -2.77. The van der Waals surface area contributed by atoms with Crippen LogP contribution in [-0.2, 0) is 6.54 Å². The Labute approximate surface area is 145 Å². The molecule has 25 heavy (non-hydrogen) atoms. The van der Waals surface area contributed by atoms with Crippen LogP contribution in [0.1, 0.15) is 24.1 Å². The van der Waals surface area contributed by atoms with E-state index in [4.69, 9.17) is 0 Å². The third-order valence-corrected chi connectivity index (χ3v) is 4.83. The third-order valence-electron chi connectivity index (χ3n) is 4.83. The van der Waals surface area contributed by atoms with Gasteiger partial charge in [-0.05, 0) is 32.6 Å². The predicted molar refractivity (Wildman–Crippen MR) is 93.7 cm³/mol. The highest BCUT2D eigenvalue weighted by Crippen LogP contribution is 2.24. The van der Waals surface area contributed by atoms with Crippen molar-refractivity contribution in [2.24, 2.45) is 5.92 Å². The third kappa shape index (κ3) is 2.99. The lowest BCUT2D eigenvalue weighted by atomic mass is 9.96. The molecule has 1 aliphatic rings. The molecule has 1 fully saturated rings. The van der Waals surface area contributed by atoms with E-state index in [-0.39, 0.29) is 5.56 Å². The van der Waals surface area contributed by atoms with E-state index < -0.39 is 0 Å². The highest BCUT2D eigenvalue weighted by molar-refractivity contribution is 5.47. The van der Waals surface area contributed by atoms with Crippen molar-refractivity contribution in [3.63, 3.8) is 0 Å². The molecule has 0 amide bonds. The van der Waals surface area contributed by atoms with Gasteiger partial charge < -0.3 is 4.90 Å². The molecule has 0 bridgehead atoms. The molecule has 0 N–H and O–H groups in total. The molecule has 1 aliphatic heterocycles. The van der Waals surface area contributed by atoms with E-state index in [0.717, 1.165) is 44.0 Å². The molecule has 0 aromatic carbocycles. The van der Waals surface area contributed by atoms with Crippen molar-refractivity contribution in [2.75, 3.05) is 18.0 Å². The second-order valence-corrected chi connectivity index (χ2v) is 6.69. The molecular weight excluding hydrogens is 318 g/mol. The van der Waals surface area contributed by atoms with E-state index in [0.29, 0.717) is 17.3 Å². The minimum atomic E-state index is 0.0616. The lowest BCUT2D eigenvalue weighted by molar-refractivity contribution is 0.349. The van der Waals surface area contributed by atoms with Crippen molar-refractivity contribution in [1.82, 2.24) is 29.1 Å². The Morgan fingerprint density at radius 1 is 1.24 bits per heavy atom. The van der Waals surface area contributed by atoms with Gasteiger partial charge in [0.05, 0.1) is 6.33 Å². The van der Waals surface area contributed by atoms with E-state index in [9.17, 15) is 4.79 Å². The smallest absolute Gasteiger partial charge is 0.256 e. The number of aryl methyl sites for hydroxylation is 2. The molecule has 0 spiro atoms. The number of hydrogen-bond donors (Lipinski definition) is 0. The van der Waals surface area contributed by atoms with Crippen LogP contribution >= 0.6 is 0 Å². The first-order valence-electron chi connectivity index (χ1n) is 8.55. The summed E-state index contributed by atoms with van der Waals surface area (Å²) in [6.07, 6.45) is 6.86. The van der Waals surface area contributed by atoms with E-state index in [1.165, 1.54) is 6.33 Å². The summed E-state index contributed by atoms with van der Waals surface area (Å²) in [5.41, 5.74) is 1.70. The Bertz CT molecular complexity index is 953. The normalized spacial score (nSPS) is 15.8. The maximum absolute atomic E-state index is 12.2. The number of anilines is 1. The average Bonchev–Trinajstić information content (AvgIpc) is 3.07. The number of aromatic nitrogens is 6. The van der Waals surface area contributed by atoms with Crippen LogP contribution in [0.4, 0.5) is 5.82 Å². The van der Waals surface area contributed by atoms with Crippen molar-refractivity contribution in [3.05, 3.63) is 46.5 Å². The molecule has 8 heteroatoms. The minimum Gasteiger partial charge on any atom is -0.356 e. The fourth-order valence-corrected chi connectivity index (χ4v) is 3.45. The van der Waals surface area contributed by atoms with Crippen molar-refractivity contribution in [3.8, 4) is 0 Å². The van der Waals surface area contributed by atoms with Crippen LogP contribution in [0, 0.1) is 19.8 Å². The van der Waals surface area contributed by atoms with E-state index in [1.54, 1.807) is 21.6 Å². The maximum atomic E-state index is 12.2. The van der Waals surface area contributed by atoms with Gasteiger partial charge in [0.15, 0.2) is 0 Å². The van der Waals surface area contributed by atoms with Gasteiger partial charge in [0.1, 0.15) is 12.1 Å². The summed E-state index contributed by atoms with van der Waals surface area (Å²) in [4.78, 5) is 27.2. The van der Waals surface area contributed by atoms with Crippen LogP contribution in [0.15, 0.2) is 29.7 Å². The predicted octanol–water partition coefficient (Wildman–Crippen LogP) is 1.21. The van der Waals surface area contributed by atoms with Gasteiger partial charge in [-0.3, -0.25) is 9.36 Å². The fourth-order valence-electron chi connectivity index (χ4n) is 3.45. The summed E-state index contributed by atoms with van der Waals surface area (Å²) in [5.74, 6) is 2.15. The van der Waals surface area contributed by atoms with Gasteiger partial charge >= 0.3 is 0 Å². The van der Waals surface area contributed by atoms with Crippen LogP contribution in [0.3, 0.4) is 0 Å². The molecule has 130 valence electrons. The Kier molecular flexibility index (Phi) is 3.95. The number of nitrogens with zero attached hydrogens (tertiary/aromatic N) is 7. The minimum absolute atomic E-state index is 0.0616. The van der Waals surface area contributed by atoms with Crippen LogP contribution in [0.25, 0.3) is 5.78 Å². The molecule has 0 aliphatic carbocycles. The number of fused-ring (bicyclic) bond motifs is 1. The monoisotopic (exact) mass is 339 g/mol. The molecule has 4 heterocycles. The second kappa shape index (κ2) is 6.27. The number of rotatable bonds is 3. The standard InChI is InChI=1S/C17H21N7O/c1-12-8-18-11-23(16(12)25)9-14-3-5-22(6-4-14)15-7-13(2)21-17-19-10-20-24(15)17/h7-8,10-11,14H,3-6,9H2,1-2H3. The number of hydrogen-bond acceptors (Lipinski definition) is 6. The van der Waals surface area contributed by atoms with Gasteiger partial charge in [-0.25, -0.2) is 9.97 Å². The topological polar surface area (TPSA) is 81.2 Å². The molecule has 8 nitrogen and oxygen atoms in total. The van der Waals surface area contributed by atoms with Crippen molar-refractivity contribution >= 4 is 11.6 Å². The van der Waals surface area contributed by atoms with Crippen LogP contribution in [0.5, 0.6) is 0 Å². The summed E-state index contributed by atoms with van der Waals surface area (Å²) in [7, 11) is 0.